The number of nitrogens with one attached hydrogen (secondary N) is 1. The molecule has 0 radical (unpaired) electrons. The number of pyridine rings is 2. The van der Waals surface area contributed by atoms with Crippen LogP contribution in [0.15, 0.2) is 84.6 Å². The highest BCUT2D eigenvalue weighted by atomic mass is 15.5. The third-order valence-corrected chi connectivity index (χ3v) is 4.72. The van der Waals surface area contributed by atoms with E-state index in [1.165, 1.54) is 25.9 Å². The Labute approximate surface area is 190 Å². The standard InChI is InChI=1S/C19H16N6.C6H15N/c1-14-7-12-24(16-3-8-20-9-4-16)23-19(14)18-6-11-22-25(18)17-5-10-21-15(2)13-17;1-3-5-7-6-4-2/h3-13H,1H2,2H3;7H,3-6H2,1-2H3. The number of nitrogens with zero attached hydrogens (tertiary/aromatic N) is 6. The molecule has 3 aromatic rings. The van der Waals surface area contributed by atoms with Crippen LogP contribution in [0, 0.1) is 6.92 Å². The molecule has 0 amide bonds. The molecule has 0 saturated carbocycles. The molecule has 7 heteroatoms. The lowest BCUT2D eigenvalue weighted by atomic mass is 10.1. The second-order valence-electron chi connectivity index (χ2n) is 7.37. The molecule has 4 heterocycles. The normalized spacial score (nSPS) is 12.9. The molecule has 0 fully saturated rings. The molecule has 0 bridgehead atoms. The molecule has 0 aromatic carbocycles. The highest BCUT2D eigenvalue weighted by Crippen LogP contribution is 2.22. The summed E-state index contributed by atoms with van der Waals surface area (Å²) in [5.41, 5.74) is 5.28. The summed E-state index contributed by atoms with van der Waals surface area (Å²) in [7, 11) is 0. The van der Waals surface area contributed by atoms with Crippen molar-refractivity contribution >= 4 is 11.4 Å². The van der Waals surface area contributed by atoms with Crippen molar-refractivity contribution in [1.82, 2.24) is 25.1 Å². The fraction of sp³-hybridized carbons (Fsp3) is 0.280. The number of aryl methyl sites for hydroxylation is 1. The Morgan fingerprint density at radius 1 is 0.938 bits per heavy atom. The minimum absolute atomic E-state index is 0.770. The van der Waals surface area contributed by atoms with Crippen LogP contribution in [0.25, 0.3) is 5.69 Å². The Kier molecular flexibility index (Phi) is 8.45. The van der Waals surface area contributed by atoms with Crippen LogP contribution in [0.3, 0.4) is 0 Å². The van der Waals surface area contributed by atoms with Crippen molar-refractivity contribution < 1.29 is 0 Å². The predicted octanol–water partition coefficient (Wildman–Crippen LogP) is 4.66. The van der Waals surface area contributed by atoms with E-state index < -0.39 is 0 Å². The van der Waals surface area contributed by atoms with Crippen LogP contribution in [0.2, 0.25) is 0 Å². The first-order valence-electron chi connectivity index (χ1n) is 11.0. The monoisotopic (exact) mass is 429 g/mol. The van der Waals surface area contributed by atoms with E-state index in [2.05, 4.69) is 40.8 Å². The number of rotatable bonds is 7. The largest absolute Gasteiger partial charge is 0.317 e. The van der Waals surface area contributed by atoms with Gasteiger partial charge < -0.3 is 5.32 Å². The van der Waals surface area contributed by atoms with E-state index >= 15 is 0 Å². The molecular weight excluding hydrogens is 398 g/mol. The van der Waals surface area contributed by atoms with E-state index in [1.807, 2.05) is 54.2 Å². The molecule has 7 nitrogen and oxygen atoms in total. The van der Waals surface area contributed by atoms with Crippen LogP contribution in [-0.4, -0.2) is 38.5 Å². The third kappa shape index (κ3) is 5.98. The molecule has 0 aliphatic carbocycles. The maximum absolute atomic E-state index is 4.74. The molecule has 0 spiro atoms. The van der Waals surface area contributed by atoms with Crippen LogP contribution >= 0.6 is 0 Å². The van der Waals surface area contributed by atoms with Crippen molar-refractivity contribution in [2.45, 2.75) is 33.6 Å². The summed E-state index contributed by atoms with van der Waals surface area (Å²) >= 11 is 0. The first kappa shape index (κ1) is 23.1. The molecular formula is C25H31N7. The SMILES string of the molecule is C=C1C=CN(c2ccncc2)N=C1c1ccnn1-c1ccnc(C)c1.CCCNCCC. The average Bonchev–Trinajstić information content (AvgIpc) is 3.31. The zero-order chi connectivity index (χ0) is 22.8. The number of allylic oxidation sites excluding steroid dienone is 2. The van der Waals surface area contributed by atoms with Gasteiger partial charge in [-0.2, -0.15) is 10.2 Å². The summed E-state index contributed by atoms with van der Waals surface area (Å²) in [6.45, 7) is 12.8. The Hall–Kier alpha value is -3.58. The van der Waals surface area contributed by atoms with E-state index in [4.69, 9.17) is 5.10 Å². The first-order valence-corrected chi connectivity index (χ1v) is 11.0. The maximum Gasteiger partial charge on any atom is 0.116 e. The van der Waals surface area contributed by atoms with Gasteiger partial charge in [-0.15, -0.1) is 0 Å². The van der Waals surface area contributed by atoms with Crippen LogP contribution in [-0.2, 0) is 0 Å². The minimum atomic E-state index is 0.770. The summed E-state index contributed by atoms with van der Waals surface area (Å²) in [5.74, 6) is 0. The molecule has 1 aliphatic rings. The summed E-state index contributed by atoms with van der Waals surface area (Å²) in [5, 5.41) is 14.3. The van der Waals surface area contributed by atoms with E-state index in [-0.39, 0.29) is 0 Å². The third-order valence-electron chi connectivity index (χ3n) is 4.72. The van der Waals surface area contributed by atoms with Crippen molar-refractivity contribution in [2.75, 3.05) is 18.1 Å². The fourth-order valence-corrected chi connectivity index (χ4v) is 3.13. The lowest BCUT2D eigenvalue weighted by molar-refractivity contribution is 0.662. The fourth-order valence-electron chi connectivity index (χ4n) is 3.13. The number of anilines is 1. The van der Waals surface area contributed by atoms with Gasteiger partial charge in [-0.25, -0.2) is 9.69 Å². The van der Waals surface area contributed by atoms with E-state index in [0.29, 0.717) is 0 Å². The molecule has 166 valence electrons. The van der Waals surface area contributed by atoms with Crippen molar-refractivity contribution in [3.8, 4) is 5.69 Å². The van der Waals surface area contributed by atoms with Crippen LogP contribution in [0.4, 0.5) is 5.69 Å². The van der Waals surface area contributed by atoms with E-state index in [1.54, 1.807) is 29.8 Å². The number of hydrogen-bond acceptors (Lipinski definition) is 6. The number of aromatic nitrogens is 4. The highest BCUT2D eigenvalue weighted by Gasteiger charge is 2.18. The molecule has 1 aliphatic heterocycles. The Morgan fingerprint density at radius 2 is 1.66 bits per heavy atom. The van der Waals surface area contributed by atoms with Gasteiger partial charge in [-0.3, -0.25) is 9.97 Å². The van der Waals surface area contributed by atoms with Crippen molar-refractivity contribution in [2.24, 2.45) is 5.10 Å². The molecule has 1 N–H and O–H groups in total. The second-order valence-corrected chi connectivity index (χ2v) is 7.37. The highest BCUT2D eigenvalue weighted by molar-refractivity contribution is 6.14. The van der Waals surface area contributed by atoms with Crippen LogP contribution in [0.5, 0.6) is 0 Å². The quantitative estimate of drug-likeness (QED) is 0.553. The van der Waals surface area contributed by atoms with Gasteiger partial charge >= 0.3 is 0 Å². The van der Waals surface area contributed by atoms with Gasteiger partial charge in [-0.1, -0.05) is 20.4 Å². The molecule has 4 rings (SSSR count). The average molecular weight is 430 g/mol. The van der Waals surface area contributed by atoms with Crippen molar-refractivity contribution in [3.05, 3.63) is 90.9 Å². The molecule has 0 unspecified atom stereocenters. The predicted molar refractivity (Wildman–Crippen MR) is 131 cm³/mol. The Morgan fingerprint density at radius 3 is 2.34 bits per heavy atom. The first-order chi connectivity index (χ1) is 15.6. The maximum atomic E-state index is 4.74. The van der Waals surface area contributed by atoms with Gasteiger partial charge in [0.05, 0.1) is 23.3 Å². The van der Waals surface area contributed by atoms with Gasteiger partial charge in [-0.05, 0) is 74.8 Å². The Bertz CT molecular complexity index is 1060. The van der Waals surface area contributed by atoms with Gasteiger partial charge in [0.25, 0.3) is 0 Å². The number of hydrogen-bond donors (Lipinski definition) is 1. The zero-order valence-corrected chi connectivity index (χ0v) is 19.1. The van der Waals surface area contributed by atoms with Gasteiger partial charge in [0.15, 0.2) is 0 Å². The lowest BCUT2D eigenvalue weighted by Crippen LogP contribution is -2.21. The molecule has 3 aromatic heterocycles. The zero-order valence-electron chi connectivity index (χ0n) is 19.1. The molecule has 0 atom stereocenters. The van der Waals surface area contributed by atoms with E-state index in [9.17, 15) is 0 Å². The summed E-state index contributed by atoms with van der Waals surface area (Å²) in [4.78, 5) is 8.29. The van der Waals surface area contributed by atoms with Crippen LogP contribution < -0.4 is 10.3 Å². The van der Waals surface area contributed by atoms with Gasteiger partial charge in [0, 0.05) is 30.5 Å². The van der Waals surface area contributed by atoms with Gasteiger partial charge in [0.1, 0.15) is 5.71 Å². The van der Waals surface area contributed by atoms with Crippen LogP contribution in [0.1, 0.15) is 38.1 Å². The summed E-state index contributed by atoms with van der Waals surface area (Å²) in [6.07, 6.45) is 13.3. The van der Waals surface area contributed by atoms with E-state index in [0.717, 1.165) is 34.0 Å². The Balaban J connectivity index is 0.000000360. The summed E-state index contributed by atoms with van der Waals surface area (Å²) < 4.78 is 1.85. The van der Waals surface area contributed by atoms with Crippen molar-refractivity contribution in [1.29, 1.82) is 0 Å². The minimum Gasteiger partial charge on any atom is -0.317 e. The number of hydrazone groups is 1. The van der Waals surface area contributed by atoms with Crippen molar-refractivity contribution in [3.63, 3.8) is 0 Å². The second kappa shape index (κ2) is 11.7. The smallest absolute Gasteiger partial charge is 0.116 e. The topological polar surface area (TPSA) is 71.2 Å². The molecule has 32 heavy (non-hydrogen) atoms. The van der Waals surface area contributed by atoms with Gasteiger partial charge in [0.2, 0.25) is 0 Å². The summed E-state index contributed by atoms with van der Waals surface area (Å²) in [6, 6.07) is 9.65. The molecule has 0 saturated heterocycles. The lowest BCUT2D eigenvalue weighted by Gasteiger charge is -2.21.